The van der Waals surface area contributed by atoms with E-state index >= 15 is 0 Å². The van der Waals surface area contributed by atoms with Gasteiger partial charge in [0.2, 0.25) is 0 Å². The van der Waals surface area contributed by atoms with Gasteiger partial charge < -0.3 is 10.2 Å². The zero-order valence-electron chi connectivity index (χ0n) is 11.1. The summed E-state index contributed by atoms with van der Waals surface area (Å²) < 4.78 is 1.11. The van der Waals surface area contributed by atoms with Crippen LogP contribution in [0.3, 0.4) is 0 Å². The van der Waals surface area contributed by atoms with Crippen LogP contribution >= 0.6 is 15.9 Å². The second-order valence-electron chi connectivity index (χ2n) is 4.24. The van der Waals surface area contributed by atoms with Gasteiger partial charge in [-0.05, 0) is 18.6 Å². The molecule has 1 N–H and O–H groups in total. The lowest BCUT2D eigenvalue weighted by Gasteiger charge is -2.19. The van der Waals surface area contributed by atoms with Crippen LogP contribution in [0.25, 0.3) is 0 Å². The molecular formula is C14H17BrN4. The van der Waals surface area contributed by atoms with Gasteiger partial charge in [0.15, 0.2) is 0 Å². The zero-order valence-corrected chi connectivity index (χ0v) is 12.7. The van der Waals surface area contributed by atoms with Gasteiger partial charge in [-0.15, -0.1) is 0 Å². The summed E-state index contributed by atoms with van der Waals surface area (Å²) in [6, 6.07) is 8.19. The third-order valence-corrected chi connectivity index (χ3v) is 3.51. The first-order valence-corrected chi connectivity index (χ1v) is 7.00. The Labute approximate surface area is 122 Å². The number of hydrogen-bond acceptors (Lipinski definition) is 4. The van der Waals surface area contributed by atoms with Gasteiger partial charge in [0.25, 0.3) is 0 Å². The molecular weight excluding hydrogens is 304 g/mol. The fourth-order valence-corrected chi connectivity index (χ4v) is 2.18. The van der Waals surface area contributed by atoms with Crippen LogP contribution in [0.2, 0.25) is 0 Å². The first-order chi connectivity index (χ1) is 9.20. The van der Waals surface area contributed by atoms with Crippen molar-refractivity contribution < 1.29 is 0 Å². The largest absolute Gasteiger partial charge is 0.369 e. The maximum absolute atomic E-state index is 4.53. The van der Waals surface area contributed by atoms with Crippen molar-refractivity contribution in [2.24, 2.45) is 0 Å². The molecule has 0 saturated heterocycles. The molecule has 0 radical (unpaired) electrons. The summed E-state index contributed by atoms with van der Waals surface area (Å²) in [5.41, 5.74) is 1.22. The molecule has 2 aromatic rings. The summed E-state index contributed by atoms with van der Waals surface area (Å²) in [4.78, 5) is 10.8. The van der Waals surface area contributed by atoms with Crippen LogP contribution in [0.1, 0.15) is 12.5 Å². The number of anilines is 2. The van der Waals surface area contributed by atoms with Gasteiger partial charge in [0, 0.05) is 24.6 Å². The standard InChI is InChI=1S/C14H17BrN4/c1-3-17-13-8-16-9-14(18-13)19(2)10-11-6-4-5-7-12(11)15/h4-9H,3,10H2,1-2H3,(H,17,18). The molecule has 2 rings (SSSR count). The Kier molecular flexibility index (Phi) is 4.74. The molecule has 0 unspecified atom stereocenters. The highest BCUT2D eigenvalue weighted by molar-refractivity contribution is 9.10. The Balaban J connectivity index is 2.13. The minimum absolute atomic E-state index is 0.783. The molecule has 0 bridgehead atoms. The quantitative estimate of drug-likeness (QED) is 0.917. The van der Waals surface area contributed by atoms with Crippen LogP contribution in [0.15, 0.2) is 41.1 Å². The SMILES string of the molecule is CCNc1cncc(N(C)Cc2ccccc2Br)n1. The number of nitrogens with one attached hydrogen (secondary N) is 1. The zero-order chi connectivity index (χ0) is 13.7. The lowest BCUT2D eigenvalue weighted by Crippen LogP contribution is -2.18. The van der Waals surface area contributed by atoms with Gasteiger partial charge in [-0.1, -0.05) is 34.1 Å². The Morgan fingerprint density at radius 1 is 1.26 bits per heavy atom. The summed E-state index contributed by atoms with van der Waals surface area (Å²) in [6.45, 7) is 3.66. The van der Waals surface area contributed by atoms with E-state index in [4.69, 9.17) is 0 Å². The van der Waals surface area contributed by atoms with Crippen LogP contribution in [0.5, 0.6) is 0 Å². The number of benzene rings is 1. The molecule has 100 valence electrons. The number of halogens is 1. The summed E-state index contributed by atoms with van der Waals surface area (Å²) in [6.07, 6.45) is 3.51. The van der Waals surface area contributed by atoms with Gasteiger partial charge in [0.1, 0.15) is 11.6 Å². The van der Waals surface area contributed by atoms with Crippen LogP contribution in [0, 0.1) is 0 Å². The topological polar surface area (TPSA) is 41.1 Å². The van der Waals surface area contributed by atoms with E-state index in [0.29, 0.717) is 0 Å². The van der Waals surface area contributed by atoms with Gasteiger partial charge in [-0.25, -0.2) is 4.98 Å². The summed E-state index contributed by atoms with van der Waals surface area (Å²) >= 11 is 3.56. The van der Waals surface area contributed by atoms with Gasteiger partial charge in [0.05, 0.1) is 12.4 Å². The normalized spacial score (nSPS) is 10.3. The molecule has 1 aromatic carbocycles. The molecule has 0 atom stereocenters. The Bertz CT molecular complexity index is 544. The molecule has 19 heavy (non-hydrogen) atoms. The molecule has 1 heterocycles. The molecule has 5 heteroatoms. The van der Waals surface area contributed by atoms with Crippen molar-refractivity contribution in [3.05, 3.63) is 46.7 Å². The fraction of sp³-hybridized carbons (Fsp3) is 0.286. The van der Waals surface area contributed by atoms with E-state index in [0.717, 1.165) is 29.2 Å². The summed E-state index contributed by atoms with van der Waals surface area (Å²) in [7, 11) is 2.01. The van der Waals surface area contributed by atoms with Crippen LogP contribution in [0.4, 0.5) is 11.6 Å². The highest BCUT2D eigenvalue weighted by atomic mass is 79.9. The highest BCUT2D eigenvalue weighted by Gasteiger charge is 2.07. The Morgan fingerprint density at radius 3 is 2.79 bits per heavy atom. The average Bonchev–Trinajstić information content (AvgIpc) is 2.42. The highest BCUT2D eigenvalue weighted by Crippen LogP contribution is 2.20. The Hall–Kier alpha value is -1.62. The molecule has 0 spiro atoms. The van der Waals surface area contributed by atoms with Crippen molar-refractivity contribution in [2.45, 2.75) is 13.5 Å². The van der Waals surface area contributed by atoms with E-state index in [1.807, 2.05) is 32.2 Å². The first-order valence-electron chi connectivity index (χ1n) is 6.21. The van der Waals surface area contributed by atoms with Crippen molar-refractivity contribution in [1.29, 1.82) is 0 Å². The first kappa shape index (κ1) is 13.8. The fourth-order valence-electron chi connectivity index (χ4n) is 1.77. The molecule has 0 saturated carbocycles. The minimum atomic E-state index is 0.783. The van der Waals surface area contributed by atoms with Crippen molar-refractivity contribution in [3.63, 3.8) is 0 Å². The van der Waals surface area contributed by atoms with E-state index in [2.05, 4.69) is 42.2 Å². The number of hydrogen-bond donors (Lipinski definition) is 1. The lowest BCUT2D eigenvalue weighted by molar-refractivity contribution is 0.886. The molecule has 0 aliphatic carbocycles. The van der Waals surface area contributed by atoms with E-state index < -0.39 is 0 Å². The predicted octanol–water partition coefficient (Wildman–Crippen LogP) is 3.31. The maximum atomic E-state index is 4.53. The van der Waals surface area contributed by atoms with E-state index in [1.54, 1.807) is 12.4 Å². The van der Waals surface area contributed by atoms with Gasteiger partial charge >= 0.3 is 0 Å². The van der Waals surface area contributed by atoms with Crippen molar-refractivity contribution in [1.82, 2.24) is 9.97 Å². The minimum Gasteiger partial charge on any atom is -0.369 e. The smallest absolute Gasteiger partial charge is 0.149 e. The third kappa shape index (κ3) is 3.67. The Morgan fingerprint density at radius 2 is 2.05 bits per heavy atom. The van der Waals surface area contributed by atoms with Crippen LogP contribution in [-0.2, 0) is 6.54 Å². The maximum Gasteiger partial charge on any atom is 0.149 e. The third-order valence-electron chi connectivity index (χ3n) is 2.74. The monoisotopic (exact) mass is 320 g/mol. The molecule has 0 aliphatic rings. The van der Waals surface area contributed by atoms with Gasteiger partial charge in [-0.2, -0.15) is 0 Å². The number of aromatic nitrogens is 2. The number of rotatable bonds is 5. The summed E-state index contributed by atoms with van der Waals surface area (Å²) in [5, 5.41) is 3.17. The van der Waals surface area contributed by atoms with E-state index in [-0.39, 0.29) is 0 Å². The molecule has 1 aromatic heterocycles. The molecule has 0 aliphatic heterocycles. The second-order valence-corrected chi connectivity index (χ2v) is 5.09. The molecule has 0 amide bonds. The van der Waals surface area contributed by atoms with Crippen molar-refractivity contribution >= 4 is 27.6 Å². The van der Waals surface area contributed by atoms with Crippen LogP contribution < -0.4 is 10.2 Å². The van der Waals surface area contributed by atoms with Crippen LogP contribution in [-0.4, -0.2) is 23.6 Å². The molecule has 4 nitrogen and oxygen atoms in total. The average molecular weight is 321 g/mol. The second kappa shape index (κ2) is 6.52. The predicted molar refractivity (Wildman–Crippen MR) is 82.4 cm³/mol. The van der Waals surface area contributed by atoms with E-state index in [1.165, 1.54) is 5.56 Å². The van der Waals surface area contributed by atoms with Crippen molar-refractivity contribution in [2.75, 3.05) is 23.8 Å². The lowest BCUT2D eigenvalue weighted by atomic mass is 10.2. The van der Waals surface area contributed by atoms with Gasteiger partial charge in [-0.3, -0.25) is 4.98 Å². The summed E-state index contributed by atoms with van der Waals surface area (Å²) in [5.74, 6) is 1.66. The number of nitrogens with zero attached hydrogens (tertiary/aromatic N) is 3. The molecule has 0 fully saturated rings. The van der Waals surface area contributed by atoms with E-state index in [9.17, 15) is 0 Å². The van der Waals surface area contributed by atoms with Crippen molar-refractivity contribution in [3.8, 4) is 0 Å².